The molecule has 1 aliphatic carbocycles. The first-order valence-corrected chi connectivity index (χ1v) is 11.0. The SMILES string of the molecule is O=C(NCC(c1cccc2ccccc12)N1CCCC1)C(=O)NC1CCCCC1. The summed E-state index contributed by atoms with van der Waals surface area (Å²) in [5.74, 6) is -1.00. The van der Waals surface area contributed by atoms with Gasteiger partial charge >= 0.3 is 11.8 Å². The molecule has 2 aromatic carbocycles. The number of hydrogen-bond donors (Lipinski definition) is 2. The van der Waals surface area contributed by atoms with Crippen LogP contribution in [0, 0.1) is 0 Å². The molecule has 5 nitrogen and oxygen atoms in total. The average molecular weight is 394 g/mol. The number of benzene rings is 2. The Morgan fingerprint density at radius 1 is 0.897 bits per heavy atom. The molecule has 1 saturated heterocycles. The first-order valence-electron chi connectivity index (χ1n) is 11.0. The summed E-state index contributed by atoms with van der Waals surface area (Å²) >= 11 is 0. The zero-order chi connectivity index (χ0) is 20.1. The van der Waals surface area contributed by atoms with Gasteiger partial charge in [0.05, 0.1) is 6.04 Å². The highest BCUT2D eigenvalue weighted by atomic mass is 16.2. The Hall–Kier alpha value is -2.40. The van der Waals surface area contributed by atoms with E-state index in [1.54, 1.807) is 0 Å². The summed E-state index contributed by atoms with van der Waals surface area (Å²) < 4.78 is 0. The van der Waals surface area contributed by atoms with E-state index in [4.69, 9.17) is 0 Å². The third kappa shape index (κ3) is 4.78. The number of carbonyl (C=O) groups excluding carboxylic acids is 2. The quantitative estimate of drug-likeness (QED) is 0.764. The normalized spacial score (nSPS) is 19.2. The van der Waals surface area contributed by atoms with Crippen LogP contribution in [-0.4, -0.2) is 42.4 Å². The zero-order valence-electron chi connectivity index (χ0n) is 17.0. The van der Waals surface area contributed by atoms with Crippen LogP contribution in [0.15, 0.2) is 42.5 Å². The second-order valence-corrected chi connectivity index (χ2v) is 8.35. The molecule has 2 aromatic rings. The first-order chi connectivity index (χ1) is 14.2. The third-order valence-corrected chi connectivity index (χ3v) is 6.37. The summed E-state index contributed by atoms with van der Waals surface area (Å²) in [5, 5.41) is 8.26. The van der Waals surface area contributed by atoms with Gasteiger partial charge < -0.3 is 10.6 Å². The Labute approximate surface area is 172 Å². The molecule has 2 N–H and O–H groups in total. The standard InChI is InChI=1S/C24H31N3O2/c28-23(24(29)26-19-11-2-1-3-12-19)25-17-22(27-15-6-7-16-27)21-14-8-10-18-9-4-5-13-20(18)21/h4-5,8-10,13-14,19,22H,1-3,6-7,11-12,15-17H2,(H,25,28)(H,26,29). The summed E-state index contributed by atoms with van der Waals surface area (Å²) in [7, 11) is 0. The van der Waals surface area contributed by atoms with E-state index >= 15 is 0 Å². The van der Waals surface area contributed by atoms with E-state index < -0.39 is 11.8 Å². The molecule has 29 heavy (non-hydrogen) atoms. The zero-order valence-corrected chi connectivity index (χ0v) is 17.0. The molecular formula is C24H31N3O2. The van der Waals surface area contributed by atoms with Crippen LogP contribution in [0.5, 0.6) is 0 Å². The molecule has 2 aliphatic rings. The maximum Gasteiger partial charge on any atom is 0.309 e. The van der Waals surface area contributed by atoms with Crippen molar-refractivity contribution in [2.45, 2.75) is 57.0 Å². The minimum Gasteiger partial charge on any atom is -0.346 e. The van der Waals surface area contributed by atoms with Gasteiger partial charge in [-0.2, -0.15) is 0 Å². The van der Waals surface area contributed by atoms with Crippen molar-refractivity contribution in [3.8, 4) is 0 Å². The smallest absolute Gasteiger partial charge is 0.309 e. The topological polar surface area (TPSA) is 61.4 Å². The van der Waals surface area contributed by atoms with Crippen LogP contribution in [0.25, 0.3) is 10.8 Å². The highest BCUT2D eigenvalue weighted by Gasteiger charge is 2.27. The van der Waals surface area contributed by atoms with Crippen LogP contribution in [-0.2, 0) is 9.59 Å². The molecule has 1 saturated carbocycles. The lowest BCUT2D eigenvalue weighted by atomic mass is 9.95. The van der Waals surface area contributed by atoms with Crippen LogP contribution in [0.2, 0.25) is 0 Å². The van der Waals surface area contributed by atoms with Crippen LogP contribution >= 0.6 is 0 Å². The minimum absolute atomic E-state index is 0.0787. The van der Waals surface area contributed by atoms with Crippen LogP contribution in [0.3, 0.4) is 0 Å². The van der Waals surface area contributed by atoms with E-state index in [1.165, 1.54) is 35.6 Å². The van der Waals surface area contributed by atoms with Crippen molar-refractivity contribution in [1.82, 2.24) is 15.5 Å². The van der Waals surface area contributed by atoms with Gasteiger partial charge in [-0.3, -0.25) is 14.5 Å². The molecule has 5 heteroatoms. The van der Waals surface area contributed by atoms with Gasteiger partial charge in [0.1, 0.15) is 0 Å². The van der Waals surface area contributed by atoms with Crippen molar-refractivity contribution < 1.29 is 9.59 Å². The Balaban J connectivity index is 1.46. The number of nitrogens with one attached hydrogen (secondary N) is 2. The van der Waals surface area contributed by atoms with E-state index in [9.17, 15) is 9.59 Å². The lowest BCUT2D eigenvalue weighted by molar-refractivity contribution is -0.139. The molecule has 4 rings (SSSR count). The van der Waals surface area contributed by atoms with E-state index in [-0.39, 0.29) is 12.1 Å². The first kappa shape index (κ1) is 19.9. The van der Waals surface area contributed by atoms with Crippen molar-refractivity contribution in [2.75, 3.05) is 19.6 Å². The largest absolute Gasteiger partial charge is 0.346 e. The molecule has 1 unspecified atom stereocenters. The van der Waals surface area contributed by atoms with Gasteiger partial charge in [0, 0.05) is 12.6 Å². The summed E-state index contributed by atoms with van der Waals surface area (Å²) in [6.07, 6.45) is 7.79. The van der Waals surface area contributed by atoms with Gasteiger partial charge in [-0.25, -0.2) is 0 Å². The number of carbonyl (C=O) groups is 2. The molecule has 154 valence electrons. The lowest BCUT2D eigenvalue weighted by Gasteiger charge is -2.29. The third-order valence-electron chi connectivity index (χ3n) is 6.37. The van der Waals surface area contributed by atoms with Gasteiger partial charge in [0.15, 0.2) is 0 Å². The van der Waals surface area contributed by atoms with Crippen molar-refractivity contribution in [2.24, 2.45) is 0 Å². The number of hydrogen-bond acceptors (Lipinski definition) is 3. The summed E-state index contributed by atoms with van der Waals surface area (Å²) in [6.45, 7) is 2.50. The highest BCUT2D eigenvalue weighted by molar-refractivity contribution is 6.35. The molecule has 1 aliphatic heterocycles. The second kappa shape index (κ2) is 9.40. The molecule has 1 heterocycles. The predicted molar refractivity (Wildman–Crippen MR) is 116 cm³/mol. The molecule has 0 radical (unpaired) electrons. The Morgan fingerprint density at radius 3 is 2.41 bits per heavy atom. The van der Waals surface area contributed by atoms with Gasteiger partial charge in [-0.1, -0.05) is 61.7 Å². The molecule has 2 amide bonds. The highest BCUT2D eigenvalue weighted by Crippen LogP contribution is 2.30. The number of fused-ring (bicyclic) bond motifs is 1. The maximum atomic E-state index is 12.5. The monoisotopic (exact) mass is 393 g/mol. The number of amides is 2. The van der Waals surface area contributed by atoms with Crippen LogP contribution in [0.1, 0.15) is 56.6 Å². The number of likely N-dealkylation sites (tertiary alicyclic amines) is 1. The van der Waals surface area contributed by atoms with E-state index in [1.807, 2.05) is 6.07 Å². The van der Waals surface area contributed by atoms with Crippen LogP contribution < -0.4 is 10.6 Å². The summed E-state index contributed by atoms with van der Waals surface area (Å²) in [6, 6.07) is 15.0. The maximum absolute atomic E-state index is 12.5. The molecule has 0 spiro atoms. The van der Waals surface area contributed by atoms with E-state index in [2.05, 4.69) is 51.9 Å². The number of rotatable bonds is 5. The van der Waals surface area contributed by atoms with Crippen LogP contribution in [0.4, 0.5) is 0 Å². The predicted octanol–water partition coefficient (Wildman–Crippen LogP) is 3.54. The van der Waals surface area contributed by atoms with Gasteiger partial charge in [0.2, 0.25) is 0 Å². The van der Waals surface area contributed by atoms with Gasteiger partial charge in [-0.15, -0.1) is 0 Å². The molecule has 1 atom stereocenters. The van der Waals surface area contributed by atoms with Crippen molar-refractivity contribution in [3.63, 3.8) is 0 Å². The molecular weight excluding hydrogens is 362 g/mol. The fourth-order valence-corrected chi connectivity index (χ4v) is 4.80. The fraction of sp³-hybridized carbons (Fsp3) is 0.500. The van der Waals surface area contributed by atoms with E-state index in [0.29, 0.717) is 6.54 Å². The fourth-order valence-electron chi connectivity index (χ4n) is 4.80. The Bertz CT molecular complexity index is 849. The van der Waals surface area contributed by atoms with Crippen molar-refractivity contribution in [3.05, 3.63) is 48.0 Å². The van der Waals surface area contributed by atoms with Gasteiger partial charge in [0.25, 0.3) is 0 Å². The number of nitrogens with zero attached hydrogens (tertiary/aromatic N) is 1. The Kier molecular flexibility index (Phi) is 6.45. The van der Waals surface area contributed by atoms with Crippen molar-refractivity contribution in [1.29, 1.82) is 0 Å². The van der Waals surface area contributed by atoms with Crippen molar-refractivity contribution >= 4 is 22.6 Å². The molecule has 0 aromatic heterocycles. The van der Waals surface area contributed by atoms with Gasteiger partial charge in [-0.05, 0) is 55.1 Å². The lowest BCUT2D eigenvalue weighted by Crippen LogP contribution is -2.47. The summed E-state index contributed by atoms with van der Waals surface area (Å²) in [4.78, 5) is 27.3. The molecule has 0 bridgehead atoms. The Morgan fingerprint density at radius 2 is 1.62 bits per heavy atom. The second-order valence-electron chi connectivity index (χ2n) is 8.35. The summed E-state index contributed by atoms with van der Waals surface area (Å²) in [5.41, 5.74) is 1.22. The average Bonchev–Trinajstić information content (AvgIpc) is 3.29. The minimum atomic E-state index is -0.514. The van der Waals surface area contributed by atoms with E-state index in [0.717, 1.165) is 38.8 Å². The molecule has 2 fully saturated rings.